The highest BCUT2D eigenvalue weighted by molar-refractivity contribution is 5.85. The van der Waals surface area contributed by atoms with Crippen molar-refractivity contribution in [3.8, 4) is 5.75 Å². The van der Waals surface area contributed by atoms with Crippen molar-refractivity contribution in [3.63, 3.8) is 0 Å². The highest BCUT2D eigenvalue weighted by atomic mass is 35.5. The van der Waals surface area contributed by atoms with E-state index in [0.717, 1.165) is 57.4 Å². The zero-order valence-electron chi connectivity index (χ0n) is 14.6. The molecule has 0 bridgehead atoms. The number of halogens is 1. The van der Waals surface area contributed by atoms with Gasteiger partial charge in [0.05, 0.1) is 12.0 Å². The summed E-state index contributed by atoms with van der Waals surface area (Å²) in [6.45, 7) is 3.13. The van der Waals surface area contributed by atoms with Gasteiger partial charge in [-0.2, -0.15) is 0 Å². The van der Waals surface area contributed by atoms with Gasteiger partial charge in [0, 0.05) is 7.05 Å². The molecule has 1 aromatic rings. The standard InChI is InChI=1S/C19H28N2O2.ClH/c1-21-14-15-23-17-8-3-2-6-16(17)7-4-5-9-19(18(21)22)10-12-20-13-11-19;/h2-3,6,8,20H,4-5,7,9-15H2,1H3;1H. The number of benzene rings is 1. The molecule has 2 aliphatic rings. The predicted octanol–water partition coefficient (Wildman–Crippen LogP) is 3.04. The summed E-state index contributed by atoms with van der Waals surface area (Å²) < 4.78 is 5.95. The van der Waals surface area contributed by atoms with Crippen LogP contribution in [0.4, 0.5) is 0 Å². The number of hydrogen-bond acceptors (Lipinski definition) is 3. The lowest BCUT2D eigenvalue weighted by Gasteiger charge is -2.39. The van der Waals surface area contributed by atoms with E-state index in [1.165, 1.54) is 5.56 Å². The minimum atomic E-state index is -0.154. The molecule has 5 heteroatoms. The van der Waals surface area contributed by atoms with Crippen molar-refractivity contribution in [2.24, 2.45) is 5.41 Å². The van der Waals surface area contributed by atoms with Crippen LogP contribution >= 0.6 is 12.4 Å². The van der Waals surface area contributed by atoms with E-state index in [1.807, 2.05) is 24.1 Å². The highest BCUT2D eigenvalue weighted by Gasteiger charge is 2.40. The van der Waals surface area contributed by atoms with Gasteiger partial charge in [0.15, 0.2) is 0 Å². The quantitative estimate of drug-likeness (QED) is 0.780. The second-order valence-corrected chi connectivity index (χ2v) is 6.92. The minimum absolute atomic E-state index is 0. The van der Waals surface area contributed by atoms with E-state index in [1.54, 1.807) is 0 Å². The second kappa shape index (κ2) is 8.72. The minimum Gasteiger partial charge on any atom is -0.491 e. The van der Waals surface area contributed by atoms with E-state index < -0.39 is 0 Å². The maximum Gasteiger partial charge on any atom is 0.228 e. The number of nitrogens with one attached hydrogen (secondary N) is 1. The van der Waals surface area contributed by atoms with Crippen molar-refractivity contribution >= 4 is 18.3 Å². The molecule has 1 fully saturated rings. The molecule has 0 aromatic heterocycles. The number of nitrogens with zero attached hydrogens (tertiary/aromatic N) is 1. The third-order valence-electron chi connectivity index (χ3n) is 5.37. The Morgan fingerprint density at radius 3 is 2.67 bits per heavy atom. The number of piperidine rings is 1. The lowest BCUT2D eigenvalue weighted by atomic mass is 9.73. The van der Waals surface area contributed by atoms with Gasteiger partial charge in [-0.05, 0) is 56.8 Å². The number of likely N-dealkylation sites (N-methyl/N-ethyl adjacent to an activating group) is 1. The van der Waals surface area contributed by atoms with Crippen molar-refractivity contribution < 1.29 is 9.53 Å². The van der Waals surface area contributed by atoms with Crippen LogP contribution in [0.2, 0.25) is 0 Å². The third kappa shape index (κ3) is 4.22. The summed E-state index contributed by atoms with van der Waals surface area (Å²) in [5, 5.41) is 3.40. The van der Waals surface area contributed by atoms with E-state index in [4.69, 9.17) is 4.74 Å². The highest BCUT2D eigenvalue weighted by Crippen LogP contribution is 2.37. The second-order valence-electron chi connectivity index (χ2n) is 6.92. The Kier molecular flexibility index (Phi) is 6.93. The number of ether oxygens (including phenoxy) is 1. The SMILES string of the molecule is CN1CCOc2ccccc2CCCCC2(CCNCC2)C1=O.Cl. The Morgan fingerprint density at radius 2 is 1.88 bits per heavy atom. The summed E-state index contributed by atoms with van der Waals surface area (Å²) in [7, 11) is 1.92. The van der Waals surface area contributed by atoms with Crippen molar-refractivity contribution in [2.45, 2.75) is 38.5 Å². The molecule has 0 radical (unpaired) electrons. The monoisotopic (exact) mass is 352 g/mol. The number of para-hydroxylation sites is 1. The fourth-order valence-electron chi connectivity index (χ4n) is 3.91. The molecule has 1 N–H and O–H groups in total. The normalized spacial score (nSPS) is 21.7. The first kappa shape index (κ1) is 19.1. The van der Waals surface area contributed by atoms with E-state index in [0.29, 0.717) is 19.1 Å². The number of amides is 1. The van der Waals surface area contributed by atoms with Crippen molar-refractivity contribution in [2.75, 3.05) is 33.3 Å². The number of aryl methyl sites for hydroxylation is 1. The average Bonchev–Trinajstić information content (AvgIpc) is 2.59. The molecular weight excluding hydrogens is 324 g/mol. The molecule has 2 heterocycles. The van der Waals surface area contributed by atoms with Crippen LogP contribution in [-0.2, 0) is 11.2 Å². The zero-order chi connectivity index (χ0) is 16.1. The molecule has 0 unspecified atom stereocenters. The van der Waals surface area contributed by atoms with Crippen LogP contribution in [0.5, 0.6) is 5.75 Å². The number of carbonyl (C=O) groups is 1. The Labute approximate surface area is 151 Å². The van der Waals surface area contributed by atoms with Gasteiger partial charge in [-0.25, -0.2) is 0 Å². The summed E-state index contributed by atoms with van der Waals surface area (Å²) in [4.78, 5) is 14.9. The first-order valence-electron chi connectivity index (χ1n) is 8.88. The molecule has 1 spiro atoms. The molecule has 2 aliphatic heterocycles. The first-order valence-corrected chi connectivity index (χ1v) is 8.88. The fraction of sp³-hybridized carbons (Fsp3) is 0.632. The summed E-state index contributed by atoms with van der Waals surface area (Å²) in [6.07, 6.45) is 6.21. The predicted molar refractivity (Wildman–Crippen MR) is 98.9 cm³/mol. The summed E-state index contributed by atoms with van der Waals surface area (Å²) in [6, 6.07) is 8.30. The van der Waals surface area contributed by atoms with E-state index in [-0.39, 0.29) is 17.8 Å². The van der Waals surface area contributed by atoms with E-state index in [9.17, 15) is 4.79 Å². The molecule has 0 aliphatic carbocycles. The largest absolute Gasteiger partial charge is 0.491 e. The van der Waals surface area contributed by atoms with Crippen LogP contribution in [-0.4, -0.2) is 44.1 Å². The van der Waals surface area contributed by atoms with Gasteiger partial charge in [0.25, 0.3) is 0 Å². The van der Waals surface area contributed by atoms with Crippen molar-refractivity contribution in [3.05, 3.63) is 29.8 Å². The Morgan fingerprint density at radius 1 is 1.12 bits per heavy atom. The van der Waals surface area contributed by atoms with Crippen LogP contribution in [0.3, 0.4) is 0 Å². The Balaban J connectivity index is 0.00000208. The maximum absolute atomic E-state index is 13.0. The Hall–Kier alpha value is -1.26. The molecule has 4 nitrogen and oxygen atoms in total. The fourth-order valence-corrected chi connectivity index (χ4v) is 3.91. The number of rotatable bonds is 0. The molecule has 0 saturated carbocycles. The molecular formula is C19H29ClN2O2. The topological polar surface area (TPSA) is 41.6 Å². The number of carbonyl (C=O) groups excluding carboxylic acids is 1. The summed E-state index contributed by atoms with van der Waals surface area (Å²) in [5.74, 6) is 1.29. The van der Waals surface area contributed by atoms with Gasteiger partial charge in [-0.3, -0.25) is 4.79 Å². The molecule has 134 valence electrons. The first-order chi connectivity index (χ1) is 11.2. The van der Waals surface area contributed by atoms with Gasteiger partial charge < -0.3 is 15.0 Å². The molecule has 3 rings (SSSR count). The van der Waals surface area contributed by atoms with Gasteiger partial charge >= 0.3 is 0 Å². The van der Waals surface area contributed by atoms with Crippen LogP contribution in [0.1, 0.15) is 37.7 Å². The van der Waals surface area contributed by atoms with Crippen LogP contribution in [0.25, 0.3) is 0 Å². The average molecular weight is 353 g/mol. The molecule has 24 heavy (non-hydrogen) atoms. The maximum atomic E-state index is 13.0. The third-order valence-corrected chi connectivity index (χ3v) is 5.37. The summed E-state index contributed by atoms with van der Waals surface area (Å²) >= 11 is 0. The van der Waals surface area contributed by atoms with Gasteiger partial charge in [0.1, 0.15) is 12.4 Å². The van der Waals surface area contributed by atoms with Gasteiger partial charge in [-0.1, -0.05) is 24.6 Å². The van der Waals surface area contributed by atoms with Crippen molar-refractivity contribution in [1.82, 2.24) is 10.2 Å². The smallest absolute Gasteiger partial charge is 0.228 e. The lowest BCUT2D eigenvalue weighted by Crippen LogP contribution is -2.49. The Bertz CT molecular complexity index is 544. The van der Waals surface area contributed by atoms with Gasteiger partial charge in [0.2, 0.25) is 5.91 Å². The summed E-state index contributed by atoms with van der Waals surface area (Å²) in [5.41, 5.74) is 1.14. The van der Waals surface area contributed by atoms with Gasteiger partial charge in [-0.15, -0.1) is 12.4 Å². The zero-order valence-corrected chi connectivity index (χ0v) is 15.4. The molecule has 0 atom stereocenters. The molecule has 1 saturated heterocycles. The number of hydrogen-bond donors (Lipinski definition) is 1. The number of fused-ring (bicyclic) bond motifs is 1. The van der Waals surface area contributed by atoms with E-state index >= 15 is 0 Å². The molecule has 1 amide bonds. The van der Waals surface area contributed by atoms with E-state index in [2.05, 4.69) is 17.4 Å². The van der Waals surface area contributed by atoms with Crippen LogP contribution < -0.4 is 10.1 Å². The lowest BCUT2D eigenvalue weighted by molar-refractivity contribution is -0.143. The van der Waals surface area contributed by atoms with Crippen LogP contribution in [0.15, 0.2) is 24.3 Å². The van der Waals surface area contributed by atoms with Crippen molar-refractivity contribution in [1.29, 1.82) is 0 Å². The molecule has 1 aromatic carbocycles. The van der Waals surface area contributed by atoms with Crippen LogP contribution in [0, 0.1) is 5.41 Å².